The predicted octanol–water partition coefficient (Wildman–Crippen LogP) is 4.52. The number of imidazole rings is 1. The van der Waals surface area contributed by atoms with Crippen molar-refractivity contribution in [1.29, 1.82) is 0 Å². The van der Waals surface area contributed by atoms with Crippen LogP contribution in [0.25, 0.3) is 17.2 Å². The summed E-state index contributed by atoms with van der Waals surface area (Å²) in [4.78, 5) is 28.7. The highest BCUT2D eigenvalue weighted by atomic mass is 19.1. The summed E-state index contributed by atoms with van der Waals surface area (Å²) in [6, 6.07) is 15.3. The van der Waals surface area contributed by atoms with Crippen molar-refractivity contribution in [3.8, 4) is 11.5 Å². The summed E-state index contributed by atoms with van der Waals surface area (Å²) in [5.41, 5.74) is 3.53. The Hall–Kier alpha value is -3.61. The molecule has 0 bridgehead atoms. The molecule has 4 aromatic rings. The van der Waals surface area contributed by atoms with E-state index in [4.69, 9.17) is 4.98 Å². The van der Waals surface area contributed by atoms with Crippen LogP contribution in [-0.2, 0) is 11.2 Å². The molecule has 2 fully saturated rings. The minimum atomic E-state index is -0.333. The highest BCUT2D eigenvalue weighted by Crippen LogP contribution is 2.48. The van der Waals surface area contributed by atoms with Crippen LogP contribution in [0.4, 0.5) is 4.39 Å². The number of halogens is 1. The van der Waals surface area contributed by atoms with Crippen LogP contribution in [-0.4, -0.2) is 43.2 Å². The van der Waals surface area contributed by atoms with Gasteiger partial charge in [-0.05, 0) is 61.3 Å². The van der Waals surface area contributed by atoms with E-state index in [-0.39, 0.29) is 11.7 Å². The Bertz CT molecular complexity index is 1340. The maximum Gasteiger partial charge on any atom is 0.226 e. The maximum absolute atomic E-state index is 13.8. The summed E-state index contributed by atoms with van der Waals surface area (Å²) >= 11 is 0. The van der Waals surface area contributed by atoms with Crippen molar-refractivity contribution in [2.24, 2.45) is 11.8 Å². The summed E-state index contributed by atoms with van der Waals surface area (Å²) in [5, 5.41) is 0. The standard InChI is InChI=1S/C27H26FN5O/c28-20-8-9-25-30-15-24(33(25)17-20)26-29-11-10-21(31-26)13-18-5-4-12-32(16-18)27(34)23-14-22(23)19-6-2-1-3-7-19/h1-3,6-11,15,17-18,22-23H,4-5,12-14,16H2/t18-,22?,23?/m0/s1. The molecule has 0 N–H and O–H groups in total. The van der Waals surface area contributed by atoms with Gasteiger partial charge in [-0.15, -0.1) is 0 Å². The molecule has 6 nitrogen and oxygen atoms in total. The average molecular weight is 456 g/mol. The van der Waals surface area contributed by atoms with Gasteiger partial charge in [0.2, 0.25) is 5.91 Å². The molecule has 1 aliphatic heterocycles. The molecule has 1 aliphatic carbocycles. The predicted molar refractivity (Wildman–Crippen MR) is 126 cm³/mol. The largest absolute Gasteiger partial charge is 0.342 e. The van der Waals surface area contributed by atoms with E-state index in [0.29, 0.717) is 34.9 Å². The fourth-order valence-electron chi connectivity index (χ4n) is 5.25. The Morgan fingerprint density at radius 2 is 1.97 bits per heavy atom. The van der Waals surface area contributed by atoms with E-state index >= 15 is 0 Å². The number of pyridine rings is 1. The number of likely N-dealkylation sites (tertiary alicyclic amines) is 1. The molecule has 3 atom stereocenters. The number of carbonyl (C=O) groups excluding carboxylic acids is 1. The van der Waals surface area contributed by atoms with Crippen LogP contribution in [0.1, 0.15) is 36.4 Å². The first-order valence-electron chi connectivity index (χ1n) is 11.9. The van der Waals surface area contributed by atoms with Gasteiger partial charge in [-0.1, -0.05) is 30.3 Å². The zero-order valence-electron chi connectivity index (χ0n) is 18.8. The van der Waals surface area contributed by atoms with E-state index in [9.17, 15) is 9.18 Å². The smallest absolute Gasteiger partial charge is 0.226 e. The number of carbonyl (C=O) groups is 1. The van der Waals surface area contributed by atoms with Gasteiger partial charge in [0.05, 0.1) is 6.20 Å². The number of benzene rings is 1. The number of piperidine rings is 1. The normalized spacial score (nSPS) is 22.1. The SMILES string of the molecule is O=C(C1CC1c1ccccc1)N1CCC[C@@H](Cc2ccnc(-c3cnc4ccc(F)cn34)n2)C1. The molecule has 1 aromatic carbocycles. The number of hydrogen-bond donors (Lipinski definition) is 0. The number of fused-ring (bicyclic) bond motifs is 1. The van der Waals surface area contributed by atoms with E-state index in [0.717, 1.165) is 44.5 Å². The Labute approximate surface area is 197 Å². The topological polar surface area (TPSA) is 63.4 Å². The molecule has 172 valence electrons. The molecule has 0 radical (unpaired) electrons. The summed E-state index contributed by atoms with van der Waals surface area (Å²) in [6.07, 6.45) is 8.67. The van der Waals surface area contributed by atoms with E-state index in [2.05, 4.69) is 27.0 Å². The van der Waals surface area contributed by atoms with Gasteiger partial charge in [0.15, 0.2) is 5.82 Å². The monoisotopic (exact) mass is 455 g/mol. The van der Waals surface area contributed by atoms with Gasteiger partial charge >= 0.3 is 0 Å². The molecule has 1 amide bonds. The van der Waals surface area contributed by atoms with E-state index in [1.54, 1.807) is 22.9 Å². The van der Waals surface area contributed by atoms with E-state index < -0.39 is 0 Å². The van der Waals surface area contributed by atoms with Crippen LogP contribution in [0.5, 0.6) is 0 Å². The van der Waals surface area contributed by atoms with Crippen molar-refractivity contribution >= 4 is 11.6 Å². The summed E-state index contributed by atoms with van der Waals surface area (Å²) in [5.74, 6) is 1.36. The summed E-state index contributed by atoms with van der Waals surface area (Å²) < 4.78 is 15.4. The molecule has 2 aliphatic rings. The first kappa shape index (κ1) is 21.0. The van der Waals surface area contributed by atoms with E-state index in [1.165, 1.54) is 17.8 Å². The first-order chi connectivity index (χ1) is 16.7. The van der Waals surface area contributed by atoms with Gasteiger partial charge < -0.3 is 4.90 Å². The number of hydrogen-bond acceptors (Lipinski definition) is 4. The lowest BCUT2D eigenvalue weighted by Gasteiger charge is -2.33. The second-order valence-corrected chi connectivity index (χ2v) is 9.45. The molecular formula is C27H26FN5O. The van der Waals surface area contributed by atoms with Crippen molar-refractivity contribution in [3.05, 3.63) is 84.2 Å². The molecule has 1 saturated carbocycles. The Morgan fingerprint density at radius 3 is 2.85 bits per heavy atom. The third-order valence-corrected chi connectivity index (χ3v) is 7.08. The number of nitrogens with zero attached hydrogens (tertiary/aromatic N) is 5. The lowest BCUT2D eigenvalue weighted by atomic mass is 9.93. The number of amides is 1. The Balaban J connectivity index is 1.14. The first-order valence-corrected chi connectivity index (χ1v) is 11.9. The lowest BCUT2D eigenvalue weighted by Crippen LogP contribution is -2.41. The third kappa shape index (κ3) is 4.06. The van der Waals surface area contributed by atoms with E-state index in [1.807, 2.05) is 24.3 Å². The van der Waals surface area contributed by atoms with Crippen LogP contribution in [0.15, 0.2) is 67.1 Å². The van der Waals surface area contributed by atoms with Crippen molar-refractivity contribution in [3.63, 3.8) is 0 Å². The van der Waals surface area contributed by atoms with Gasteiger partial charge in [-0.25, -0.2) is 19.3 Å². The van der Waals surface area contributed by atoms with Crippen molar-refractivity contribution in [2.45, 2.75) is 31.6 Å². The van der Waals surface area contributed by atoms with Crippen LogP contribution >= 0.6 is 0 Å². The van der Waals surface area contributed by atoms with Gasteiger partial charge in [-0.3, -0.25) is 9.20 Å². The Kier molecular flexibility index (Phi) is 5.32. The summed E-state index contributed by atoms with van der Waals surface area (Å²) in [6.45, 7) is 1.62. The number of rotatable bonds is 5. The minimum Gasteiger partial charge on any atom is -0.342 e. The minimum absolute atomic E-state index is 0.127. The number of aromatic nitrogens is 4. The highest BCUT2D eigenvalue weighted by molar-refractivity contribution is 5.83. The van der Waals surface area contributed by atoms with Crippen LogP contribution in [0.3, 0.4) is 0 Å². The van der Waals surface area contributed by atoms with Gasteiger partial charge in [0.1, 0.15) is 17.2 Å². The molecule has 0 spiro atoms. The van der Waals surface area contributed by atoms with Crippen LogP contribution < -0.4 is 0 Å². The maximum atomic E-state index is 13.8. The summed E-state index contributed by atoms with van der Waals surface area (Å²) in [7, 11) is 0. The molecule has 3 aromatic heterocycles. The Morgan fingerprint density at radius 1 is 1.09 bits per heavy atom. The zero-order valence-corrected chi connectivity index (χ0v) is 18.8. The molecule has 6 rings (SSSR count). The average Bonchev–Trinajstić information content (AvgIpc) is 3.57. The fourth-order valence-corrected chi connectivity index (χ4v) is 5.25. The quantitative estimate of drug-likeness (QED) is 0.444. The molecule has 1 saturated heterocycles. The van der Waals surface area contributed by atoms with Crippen LogP contribution in [0.2, 0.25) is 0 Å². The molecule has 4 heterocycles. The molecular weight excluding hydrogens is 429 g/mol. The zero-order chi connectivity index (χ0) is 23.1. The second-order valence-electron chi connectivity index (χ2n) is 9.45. The van der Waals surface area contributed by atoms with Crippen molar-refractivity contribution in [2.75, 3.05) is 13.1 Å². The highest BCUT2D eigenvalue weighted by Gasteiger charge is 2.46. The van der Waals surface area contributed by atoms with Crippen molar-refractivity contribution < 1.29 is 9.18 Å². The van der Waals surface area contributed by atoms with Gasteiger partial charge in [0, 0.05) is 37.1 Å². The fraction of sp³-hybridized carbons (Fsp3) is 0.333. The molecule has 34 heavy (non-hydrogen) atoms. The molecule has 7 heteroatoms. The van der Waals surface area contributed by atoms with Crippen molar-refractivity contribution in [1.82, 2.24) is 24.3 Å². The van der Waals surface area contributed by atoms with Gasteiger partial charge in [0.25, 0.3) is 0 Å². The lowest BCUT2D eigenvalue weighted by molar-refractivity contribution is -0.134. The van der Waals surface area contributed by atoms with Gasteiger partial charge in [-0.2, -0.15) is 0 Å². The third-order valence-electron chi connectivity index (χ3n) is 7.08. The second kappa shape index (κ2) is 8.63. The van der Waals surface area contributed by atoms with Crippen LogP contribution in [0, 0.1) is 17.7 Å². The molecule has 2 unspecified atom stereocenters.